The molecule has 2 aromatic rings. The van der Waals surface area contributed by atoms with E-state index in [-0.39, 0.29) is 5.60 Å². The molecule has 2 N–H and O–H groups in total. The van der Waals surface area contributed by atoms with Crippen LogP contribution < -0.4 is 5.73 Å². The molecule has 1 aromatic heterocycles. The second-order valence-corrected chi connectivity index (χ2v) is 5.31. The van der Waals surface area contributed by atoms with Crippen LogP contribution >= 0.6 is 0 Å². The molecule has 1 heterocycles. The summed E-state index contributed by atoms with van der Waals surface area (Å²) in [6.45, 7) is 6.79. The molecule has 5 nitrogen and oxygen atoms in total. The highest BCUT2D eigenvalue weighted by atomic mass is 16.5. The van der Waals surface area contributed by atoms with Crippen molar-refractivity contribution in [2.24, 2.45) is 5.73 Å². The lowest BCUT2D eigenvalue weighted by atomic mass is 10.2. The minimum absolute atomic E-state index is 0.212. The van der Waals surface area contributed by atoms with Gasteiger partial charge in [0.25, 0.3) is 0 Å². The molecule has 0 unspecified atom stereocenters. The smallest absolute Gasteiger partial charge is 0.163 e. The highest BCUT2D eigenvalue weighted by Gasteiger charge is 2.16. The molecule has 0 aliphatic rings. The van der Waals surface area contributed by atoms with Crippen LogP contribution in [-0.2, 0) is 17.9 Å². The van der Waals surface area contributed by atoms with Crippen LogP contribution in [0, 0.1) is 0 Å². The van der Waals surface area contributed by atoms with Crippen molar-refractivity contribution in [2.45, 2.75) is 39.5 Å². The van der Waals surface area contributed by atoms with Crippen molar-refractivity contribution >= 4 is 0 Å². The Balaban J connectivity index is 2.33. The van der Waals surface area contributed by atoms with Gasteiger partial charge in [-0.05, 0) is 32.9 Å². The van der Waals surface area contributed by atoms with Crippen molar-refractivity contribution in [2.75, 3.05) is 0 Å². The monoisotopic (exact) mass is 260 g/mol. The molecule has 0 saturated heterocycles. The number of benzene rings is 1. The minimum atomic E-state index is -0.212. The van der Waals surface area contributed by atoms with E-state index in [1.165, 1.54) is 0 Å². The fourth-order valence-corrected chi connectivity index (χ4v) is 1.74. The summed E-state index contributed by atoms with van der Waals surface area (Å²) < 4.78 is 7.72. The second-order valence-electron chi connectivity index (χ2n) is 5.31. The van der Waals surface area contributed by atoms with E-state index in [1.807, 2.05) is 55.7 Å². The largest absolute Gasteiger partial charge is 0.368 e. The van der Waals surface area contributed by atoms with Gasteiger partial charge in [0.15, 0.2) is 11.6 Å². The number of hydrogen-bond donors (Lipinski definition) is 1. The third kappa shape index (κ3) is 3.39. The molecule has 19 heavy (non-hydrogen) atoms. The summed E-state index contributed by atoms with van der Waals surface area (Å²) in [5, 5.41) is 8.29. The third-order valence-corrected chi connectivity index (χ3v) is 2.63. The van der Waals surface area contributed by atoms with E-state index in [2.05, 4.69) is 10.2 Å². The van der Waals surface area contributed by atoms with Crippen molar-refractivity contribution in [3.63, 3.8) is 0 Å². The molecule has 2 rings (SSSR count). The van der Waals surface area contributed by atoms with E-state index in [0.717, 1.165) is 17.3 Å². The van der Waals surface area contributed by atoms with Crippen LogP contribution in [0.15, 0.2) is 30.3 Å². The molecule has 5 heteroatoms. The van der Waals surface area contributed by atoms with Crippen LogP contribution in [0.25, 0.3) is 5.69 Å². The van der Waals surface area contributed by atoms with Gasteiger partial charge < -0.3 is 10.5 Å². The molecule has 0 fully saturated rings. The van der Waals surface area contributed by atoms with Gasteiger partial charge in [-0.15, -0.1) is 10.2 Å². The maximum atomic E-state index is 5.77. The molecule has 0 spiro atoms. The maximum Gasteiger partial charge on any atom is 0.163 e. The van der Waals surface area contributed by atoms with Crippen LogP contribution in [0.5, 0.6) is 0 Å². The Morgan fingerprint density at radius 1 is 1.11 bits per heavy atom. The molecule has 0 aliphatic heterocycles. The molecule has 0 radical (unpaired) electrons. The average Bonchev–Trinajstić information content (AvgIpc) is 2.79. The Morgan fingerprint density at radius 3 is 2.32 bits per heavy atom. The summed E-state index contributed by atoms with van der Waals surface area (Å²) in [7, 11) is 0. The van der Waals surface area contributed by atoms with Gasteiger partial charge in [-0.1, -0.05) is 18.2 Å². The van der Waals surface area contributed by atoms with Gasteiger partial charge in [0.05, 0.1) is 12.1 Å². The predicted molar refractivity (Wildman–Crippen MR) is 73.8 cm³/mol. The third-order valence-electron chi connectivity index (χ3n) is 2.63. The first kappa shape index (κ1) is 13.7. The van der Waals surface area contributed by atoms with Crippen molar-refractivity contribution < 1.29 is 4.74 Å². The molecule has 0 saturated carbocycles. The number of nitrogens with two attached hydrogens (primary N) is 1. The zero-order valence-corrected chi connectivity index (χ0v) is 11.6. The van der Waals surface area contributed by atoms with Gasteiger partial charge >= 0.3 is 0 Å². The zero-order valence-electron chi connectivity index (χ0n) is 11.6. The number of para-hydroxylation sites is 1. The number of nitrogens with zero attached hydrogens (tertiary/aromatic N) is 3. The molecule has 0 atom stereocenters. The summed E-state index contributed by atoms with van der Waals surface area (Å²) in [5.74, 6) is 1.50. The molecule has 0 bridgehead atoms. The Kier molecular flexibility index (Phi) is 3.97. The van der Waals surface area contributed by atoms with E-state index in [1.54, 1.807) is 0 Å². The molecule has 0 amide bonds. The summed E-state index contributed by atoms with van der Waals surface area (Å²) >= 11 is 0. The van der Waals surface area contributed by atoms with Crippen LogP contribution in [0.2, 0.25) is 0 Å². The van der Waals surface area contributed by atoms with Crippen LogP contribution in [-0.4, -0.2) is 20.4 Å². The summed E-state index contributed by atoms with van der Waals surface area (Å²) in [4.78, 5) is 0. The number of aromatic nitrogens is 3. The highest BCUT2D eigenvalue weighted by molar-refractivity contribution is 5.33. The normalized spacial score (nSPS) is 11.8. The van der Waals surface area contributed by atoms with E-state index in [4.69, 9.17) is 10.5 Å². The first-order valence-electron chi connectivity index (χ1n) is 6.34. The fourth-order valence-electron chi connectivity index (χ4n) is 1.74. The van der Waals surface area contributed by atoms with Gasteiger partial charge in [-0.25, -0.2) is 0 Å². The highest BCUT2D eigenvalue weighted by Crippen LogP contribution is 2.16. The first-order valence-corrected chi connectivity index (χ1v) is 6.34. The molecule has 1 aromatic carbocycles. The Hall–Kier alpha value is -1.72. The Bertz CT molecular complexity index is 528. The van der Waals surface area contributed by atoms with Crippen LogP contribution in [0.1, 0.15) is 32.4 Å². The SMILES string of the molecule is CC(C)(C)OCc1nnc(CN)n1-c1ccccc1. The summed E-state index contributed by atoms with van der Waals surface area (Å²) in [6.07, 6.45) is 0. The van der Waals surface area contributed by atoms with Gasteiger partial charge in [0, 0.05) is 5.69 Å². The first-order chi connectivity index (χ1) is 9.01. The van der Waals surface area contributed by atoms with E-state index in [0.29, 0.717) is 13.2 Å². The molecular weight excluding hydrogens is 240 g/mol. The van der Waals surface area contributed by atoms with Gasteiger partial charge in [-0.2, -0.15) is 0 Å². The van der Waals surface area contributed by atoms with Crippen molar-refractivity contribution in [3.05, 3.63) is 42.0 Å². The average molecular weight is 260 g/mol. The van der Waals surface area contributed by atoms with E-state index < -0.39 is 0 Å². The lowest BCUT2D eigenvalue weighted by molar-refractivity contribution is -0.0187. The lowest BCUT2D eigenvalue weighted by Gasteiger charge is -2.19. The maximum absolute atomic E-state index is 5.77. The Morgan fingerprint density at radius 2 is 1.74 bits per heavy atom. The van der Waals surface area contributed by atoms with E-state index in [9.17, 15) is 0 Å². The van der Waals surface area contributed by atoms with Gasteiger partial charge in [0.2, 0.25) is 0 Å². The predicted octanol–water partition coefficient (Wildman–Crippen LogP) is 2.04. The van der Waals surface area contributed by atoms with Crippen LogP contribution in [0.3, 0.4) is 0 Å². The number of ether oxygens (including phenoxy) is 1. The second kappa shape index (κ2) is 5.50. The fraction of sp³-hybridized carbons (Fsp3) is 0.429. The van der Waals surface area contributed by atoms with Crippen LogP contribution in [0.4, 0.5) is 0 Å². The molecular formula is C14H20N4O. The van der Waals surface area contributed by atoms with Crippen molar-refractivity contribution in [3.8, 4) is 5.69 Å². The molecule has 0 aliphatic carbocycles. The van der Waals surface area contributed by atoms with Crippen molar-refractivity contribution in [1.82, 2.24) is 14.8 Å². The van der Waals surface area contributed by atoms with Gasteiger partial charge in [-0.3, -0.25) is 4.57 Å². The molecule has 102 valence electrons. The standard InChI is InChI=1S/C14H20N4O/c1-14(2,3)19-10-13-17-16-12(9-15)18(13)11-7-5-4-6-8-11/h4-8H,9-10,15H2,1-3H3. The topological polar surface area (TPSA) is 66.0 Å². The van der Waals surface area contributed by atoms with E-state index >= 15 is 0 Å². The number of rotatable bonds is 4. The van der Waals surface area contributed by atoms with Crippen molar-refractivity contribution in [1.29, 1.82) is 0 Å². The number of hydrogen-bond acceptors (Lipinski definition) is 4. The quantitative estimate of drug-likeness (QED) is 0.913. The van der Waals surface area contributed by atoms with Gasteiger partial charge in [0.1, 0.15) is 6.61 Å². The Labute approximate surface area is 113 Å². The minimum Gasteiger partial charge on any atom is -0.368 e. The lowest BCUT2D eigenvalue weighted by Crippen LogP contribution is -2.20. The zero-order chi connectivity index (χ0) is 13.9. The summed E-state index contributed by atoms with van der Waals surface area (Å²) in [6, 6.07) is 9.93. The summed E-state index contributed by atoms with van der Waals surface area (Å²) in [5.41, 5.74) is 6.51.